The zero-order chi connectivity index (χ0) is 25.5. The predicted octanol–water partition coefficient (Wildman–Crippen LogP) is 6.54. The summed E-state index contributed by atoms with van der Waals surface area (Å²) in [5.41, 5.74) is 1.41. The highest BCUT2D eigenvalue weighted by Crippen LogP contribution is 2.33. The lowest BCUT2D eigenvalue weighted by Gasteiger charge is -2.14. The normalized spacial score (nSPS) is 12.4. The fourth-order valence-electron chi connectivity index (χ4n) is 3.86. The van der Waals surface area contributed by atoms with Crippen molar-refractivity contribution in [2.75, 3.05) is 0 Å². The van der Waals surface area contributed by atoms with E-state index in [2.05, 4.69) is 11.6 Å². The summed E-state index contributed by atoms with van der Waals surface area (Å²) in [4.78, 5) is 3.51. The molecule has 35 heavy (non-hydrogen) atoms. The summed E-state index contributed by atoms with van der Waals surface area (Å²) in [5.74, 6) is 0.0986. The SMILES string of the molecule is C=C(O)c1ccc(Cc2cc3cc(C(F)(F)F)ncc3n2S(=O)(=O)c2ccc(C(C)C)cc2)cc1. The van der Waals surface area contributed by atoms with Gasteiger partial charge in [0.2, 0.25) is 0 Å². The molecular formula is C26H23F3N2O3S. The van der Waals surface area contributed by atoms with E-state index < -0.39 is 21.9 Å². The molecule has 0 fully saturated rings. The number of fused-ring (bicyclic) bond motifs is 1. The Morgan fingerprint density at radius 1 is 1.06 bits per heavy atom. The number of alkyl halides is 3. The molecule has 0 saturated heterocycles. The second kappa shape index (κ2) is 8.88. The highest BCUT2D eigenvalue weighted by molar-refractivity contribution is 7.90. The molecule has 0 saturated carbocycles. The second-order valence-electron chi connectivity index (χ2n) is 8.58. The largest absolute Gasteiger partial charge is 0.508 e. The average Bonchev–Trinajstić information content (AvgIpc) is 3.16. The molecule has 5 nitrogen and oxygen atoms in total. The molecule has 9 heteroatoms. The summed E-state index contributed by atoms with van der Waals surface area (Å²) >= 11 is 0. The molecule has 0 atom stereocenters. The van der Waals surface area contributed by atoms with Crippen molar-refractivity contribution in [2.45, 2.75) is 37.3 Å². The Kier molecular flexibility index (Phi) is 6.23. The van der Waals surface area contributed by atoms with E-state index in [1.165, 1.54) is 18.2 Å². The highest BCUT2D eigenvalue weighted by Gasteiger charge is 2.33. The van der Waals surface area contributed by atoms with Gasteiger partial charge in [0.1, 0.15) is 11.5 Å². The molecule has 0 bridgehead atoms. The minimum absolute atomic E-state index is 0.0208. The van der Waals surface area contributed by atoms with Crippen LogP contribution in [0.25, 0.3) is 16.7 Å². The summed E-state index contributed by atoms with van der Waals surface area (Å²) < 4.78 is 68.2. The van der Waals surface area contributed by atoms with Crippen molar-refractivity contribution in [3.63, 3.8) is 0 Å². The van der Waals surface area contributed by atoms with Crippen molar-refractivity contribution in [2.24, 2.45) is 0 Å². The lowest BCUT2D eigenvalue weighted by molar-refractivity contribution is -0.141. The maximum atomic E-state index is 13.7. The van der Waals surface area contributed by atoms with Crippen LogP contribution in [0, 0.1) is 0 Å². The number of hydrogen-bond donors (Lipinski definition) is 1. The molecule has 1 N–H and O–H groups in total. The Morgan fingerprint density at radius 3 is 2.23 bits per heavy atom. The van der Waals surface area contributed by atoms with Gasteiger partial charge in [0.25, 0.3) is 10.0 Å². The standard InChI is InChI=1S/C26H23F3N2O3S/c1-16(2)19-8-10-23(11-9-19)35(33,34)31-22(12-18-4-6-20(7-5-18)17(3)32)13-21-14-25(26(27,28)29)30-15-24(21)31/h4-11,13-16,32H,3,12H2,1-2H3. The zero-order valence-electron chi connectivity index (χ0n) is 19.0. The average molecular weight is 501 g/mol. The number of aromatic nitrogens is 2. The summed E-state index contributed by atoms with van der Waals surface area (Å²) in [6.07, 6.45) is -3.59. The lowest BCUT2D eigenvalue weighted by atomic mass is 10.0. The number of aliphatic hydroxyl groups excluding tert-OH is 1. The highest BCUT2D eigenvalue weighted by atomic mass is 32.2. The van der Waals surface area contributed by atoms with Gasteiger partial charge in [-0.25, -0.2) is 17.4 Å². The topological polar surface area (TPSA) is 72.2 Å². The minimum atomic E-state index is -4.66. The Hall–Kier alpha value is -3.59. The van der Waals surface area contributed by atoms with Crippen molar-refractivity contribution < 1.29 is 26.7 Å². The predicted molar refractivity (Wildman–Crippen MR) is 129 cm³/mol. The number of aliphatic hydroxyl groups is 1. The summed E-state index contributed by atoms with van der Waals surface area (Å²) in [7, 11) is -4.14. The summed E-state index contributed by atoms with van der Waals surface area (Å²) in [6.45, 7) is 7.44. The van der Waals surface area contributed by atoms with Crippen LogP contribution in [0.5, 0.6) is 0 Å². The van der Waals surface area contributed by atoms with Crippen LogP contribution in [0.4, 0.5) is 13.2 Å². The van der Waals surface area contributed by atoms with Gasteiger partial charge < -0.3 is 5.11 Å². The molecule has 0 amide bonds. The quantitative estimate of drug-likeness (QED) is 0.305. The van der Waals surface area contributed by atoms with Crippen LogP contribution in [-0.2, 0) is 22.6 Å². The smallest absolute Gasteiger partial charge is 0.433 e. The molecule has 4 aromatic rings. The third-order valence-corrected chi connectivity index (χ3v) is 7.54. The maximum absolute atomic E-state index is 13.7. The van der Waals surface area contributed by atoms with Crippen LogP contribution in [0.2, 0.25) is 0 Å². The van der Waals surface area contributed by atoms with Crippen molar-refractivity contribution >= 4 is 26.7 Å². The third kappa shape index (κ3) is 4.81. The van der Waals surface area contributed by atoms with Gasteiger partial charge in [-0.15, -0.1) is 0 Å². The molecule has 0 radical (unpaired) electrons. The Morgan fingerprint density at radius 2 is 1.69 bits per heavy atom. The van der Waals surface area contributed by atoms with Crippen LogP contribution >= 0.6 is 0 Å². The molecule has 0 aliphatic heterocycles. The van der Waals surface area contributed by atoms with E-state index in [4.69, 9.17) is 0 Å². The fraction of sp³-hybridized carbons (Fsp3) is 0.192. The lowest BCUT2D eigenvalue weighted by Crippen LogP contribution is -2.16. The van der Waals surface area contributed by atoms with Crippen LogP contribution in [0.15, 0.2) is 78.3 Å². The number of nitrogens with zero attached hydrogens (tertiary/aromatic N) is 2. The molecule has 4 rings (SSSR count). The number of benzene rings is 2. The molecule has 0 unspecified atom stereocenters. The van der Waals surface area contributed by atoms with Gasteiger partial charge in [0.05, 0.1) is 16.6 Å². The summed E-state index contributed by atoms with van der Waals surface area (Å²) in [6, 6.07) is 15.4. The van der Waals surface area contributed by atoms with Crippen LogP contribution in [0.1, 0.15) is 47.8 Å². The molecule has 2 aromatic heterocycles. The number of halogens is 3. The Labute approximate surface area is 201 Å². The van der Waals surface area contributed by atoms with Crippen molar-refractivity contribution in [3.8, 4) is 0 Å². The molecular weight excluding hydrogens is 477 g/mol. The van der Waals surface area contributed by atoms with Crippen LogP contribution < -0.4 is 0 Å². The molecule has 182 valence electrons. The molecule has 2 heterocycles. The van der Waals surface area contributed by atoms with E-state index in [1.54, 1.807) is 36.4 Å². The molecule has 2 aromatic carbocycles. The molecule has 0 aliphatic carbocycles. The van der Waals surface area contributed by atoms with Gasteiger partial charge in [-0.05, 0) is 41.3 Å². The van der Waals surface area contributed by atoms with Crippen molar-refractivity contribution in [3.05, 3.63) is 102 Å². The van der Waals surface area contributed by atoms with E-state index in [1.807, 2.05) is 13.8 Å². The van der Waals surface area contributed by atoms with E-state index in [0.717, 1.165) is 21.8 Å². The van der Waals surface area contributed by atoms with Crippen LogP contribution in [0.3, 0.4) is 0 Å². The molecule has 0 aliphatic rings. The minimum Gasteiger partial charge on any atom is -0.508 e. The van der Waals surface area contributed by atoms with Crippen molar-refractivity contribution in [1.82, 2.24) is 8.96 Å². The van der Waals surface area contributed by atoms with E-state index in [9.17, 15) is 26.7 Å². The first-order valence-corrected chi connectivity index (χ1v) is 12.2. The van der Waals surface area contributed by atoms with E-state index >= 15 is 0 Å². The van der Waals surface area contributed by atoms with Crippen molar-refractivity contribution in [1.29, 1.82) is 0 Å². The summed E-state index contributed by atoms with van der Waals surface area (Å²) in [5, 5.41) is 9.66. The Balaban J connectivity index is 1.88. The van der Waals surface area contributed by atoms with Gasteiger partial charge in [-0.2, -0.15) is 13.2 Å². The van der Waals surface area contributed by atoms with Gasteiger partial charge >= 0.3 is 6.18 Å². The first kappa shape index (κ1) is 24.5. The van der Waals surface area contributed by atoms with Gasteiger partial charge in [0.15, 0.2) is 0 Å². The third-order valence-electron chi connectivity index (χ3n) is 5.76. The van der Waals surface area contributed by atoms with Gasteiger partial charge in [-0.1, -0.05) is 56.8 Å². The monoisotopic (exact) mass is 500 g/mol. The van der Waals surface area contributed by atoms with Crippen LogP contribution in [-0.4, -0.2) is 22.5 Å². The number of hydrogen-bond acceptors (Lipinski definition) is 4. The first-order chi connectivity index (χ1) is 16.4. The van der Waals surface area contributed by atoms with E-state index in [-0.39, 0.29) is 39.6 Å². The van der Waals surface area contributed by atoms with E-state index in [0.29, 0.717) is 11.1 Å². The number of pyridine rings is 1. The maximum Gasteiger partial charge on any atom is 0.433 e. The second-order valence-corrected chi connectivity index (χ2v) is 10.4. The van der Waals surface area contributed by atoms with Gasteiger partial charge in [-0.3, -0.25) is 0 Å². The number of rotatable bonds is 6. The van der Waals surface area contributed by atoms with Gasteiger partial charge in [0, 0.05) is 23.1 Å². The Bertz CT molecular complexity index is 1500. The first-order valence-electron chi connectivity index (χ1n) is 10.8. The molecule has 0 spiro atoms. The zero-order valence-corrected chi connectivity index (χ0v) is 19.9. The fourth-order valence-corrected chi connectivity index (χ4v) is 5.39.